The zero-order valence-electron chi connectivity index (χ0n) is 18.4. The Hall–Kier alpha value is -3.06. The Morgan fingerprint density at radius 1 is 1.16 bits per heavy atom. The number of aromatic carboxylic acids is 1. The van der Waals surface area contributed by atoms with Gasteiger partial charge in [0.15, 0.2) is 5.56 Å². The predicted molar refractivity (Wildman–Crippen MR) is 123 cm³/mol. The Bertz CT molecular complexity index is 1140. The second-order valence-corrected chi connectivity index (χ2v) is 7.90. The topological polar surface area (TPSA) is 107 Å². The predicted octanol–water partition coefficient (Wildman–Crippen LogP) is 4.17. The van der Waals surface area contributed by atoms with Gasteiger partial charge in [0.1, 0.15) is 5.75 Å². The average molecular weight is 426 g/mol. The van der Waals surface area contributed by atoms with Gasteiger partial charge in [-0.1, -0.05) is 39.2 Å². The number of nitrogens with one attached hydrogen (secondary N) is 2. The van der Waals surface area contributed by atoms with Crippen LogP contribution in [0.5, 0.6) is 5.75 Å². The third kappa shape index (κ3) is 4.66. The van der Waals surface area contributed by atoms with Gasteiger partial charge in [-0.05, 0) is 43.1 Å². The molecule has 3 aromatic rings. The van der Waals surface area contributed by atoms with Crippen molar-refractivity contribution in [3.63, 3.8) is 0 Å². The van der Waals surface area contributed by atoms with Crippen molar-refractivity contribution in [2.45, 2.75) is 52.5 Å². The molecule has 1 aromatic carbocycles. The first kappa shape index (κ1) is 22.6. The van der Waals surface area contributed by atoms with Crippen LogP contribution in [0.1, 0.15) is 61.1 Å². The summed E-state index contributed by atoms with van der Waals surface area (Å²) in [6.07, 6.45) is 5.30. The molecule has 0 atom stereocenters. The van der Waals surface area contributed by atoms with Crippen molar-refractivity contribution in [1.29, 1.82) is 0 Å². The number of pyridine rings is 1. The molecule has 0 amide bonds. The number of nitrogens with zero attached hydrogens (tertiary/aromatic N) is 1. The van der Waals surface area contributed by atoms with Crippen LogP contribution in [0, 0.1) is 0 Å². The van der Waals surface area contributed by atoms with E-state index in [9.17, 15) is 19.8 Å². The number of carboxylic acids is 1. The van der Waals surface area contributed by atoms with Crippen molar-refractivity contribution < 1.29 is 15.0 Å². The van der Waals surface area contributed by atoms with Crippen LogP contribution < -0.4 is 10.9 Å². The monoisotopic (exact) mass is 425 g/mol. The van der Waals surface area contributed by atoms with E-state index in [0.29, 0.717) is 17.7 Å². The molecule has 0 unspecified atom stereocenters. The van der Waals surface area contributed by atoms with E-state index in [2.05, 4.69) is 27.9 Å². The molecule has 2 aromatic heterocycles. The Morgan fingerprint density at radius 3 is 2.61 bits per heavy atom. The minimum Gasteiger partial charge on any atom is -0.506 e. The highest BCUT2D eigenvalue weighted by molar-refractivity contribution is 5.92. The number of H-pyrrole nitrogens is 1. The van der Waals surface area contributed by atoms with Gasteiger partial charge in [0.05, 0.1) is 5.69 Å². The number of hydrogen-bond acceptors (Lipinski definition) is 4. The molecule has 7 nitrogen and oxygen atoms in total. The van der Waals surface area contributed by atoms with E-state index in [1.807, 2.05) is 32.2 Å². The van der Waals surface area contributed by atoms with Gasteiger partial charge in [-0.3, -0.25) is 4.79 Å². The summed E-state index contributed by atoms with van der Waals surface area (Å²) in [6.45, 7) is 5.78. The van der Waals surface area contributed by atoms with Crippen molar-refractivity contribution in [2.75, 3.05) is 6.54 Å². The second kappa shape index (κ2) is 9.83. The Morgan fingerprint density at radius 2 is 1.94 bits per heavy atom. The first-order chi connectivity index (χ1) is 14.9. The van der Waals surface area contributed by atoms with Crippen molar-refractivity contribution in [1.82, 2.24) is 14.9 Å². The minimum absolute atomic E-state index is 0.387. The molecule has 0 fully saturated rings. The fourth-order valence-electron chi connectivity index (χ4n) is 4.04. The molecule has 3 rings (SSSR count). The van der Waals surface area contributed by atoms with E-state index in [-0.39, 0.29) is 0 Å². The van der Waals surface area contributed by atoms with Crippen molar-refractivity contribution in [3.8, 4) is 17.0 Å². The van der Waals surface area contributed by atoms with E-state index < -0.39 is 22.8 Å². The molecule has 0 aliphatic heterocycles. The quantitative estimate of drug-likeness (QED) is 0.365. The molecule has 2 heterocycles. The molecule has 0 aliphatic carbocycles. The molecule has 0 aliphatic rings. The largest absolute Gasteiger partial charge is 0.506 e. The second-order valence-electron chi connectivity index (χ2n) is 7.90. The van der Waals surface area contributed by atoms with Crippen LogP contribution in [0.3, 0.4) is 0 Å². The minimum atomic E-state index is -1.44. The van der Waals surface area contributed by atoms with Crippen LogP contribution >= 0.6 is 0 Å². The number of fused-ring (bicyclic) bond motifs is 1. The van der Waals surface area contributed by atoms with Gasteiger partial charge in [0.2, 0.25) is 0 Å². The normalized spacial score (nSPS) is 11.3. The molecule has 31 heavy (non-hydrogen) atoms. The Balaban J connectivity index is 1.91. The Labute approximate surface area is 181 Å². The molecule has 4 N–H and O–H groups in total. The van der Waals surface area contributed by atoms with Gasteiger partial charge in [-0.2, -0.15) is 0 Å². The summed E-state index contributed by atoms with van der Waals surface area (Å²) < 4.78 is 2.15. The average Bonchev–Trinajstić information content (AvgIpc) is 3.05. The number of unbranched alkanes of at least 4 members (excludes halogenated alkanes) is 3. The zero-order chi connectivity index (χ0) is 22.5. The van der Waals surface area contributed by atoms with Gasteiger partial charge >= 0.3 is 5.97 Å². The molecule has 0 saturated heterocycles. The van der Waals surface area contributed by atoms with Gasteiger partial charge in [0, 0.05) is 35.8 Å². The van der Waals surface area contributed by atoms with Crippen LogP contribution in [-0.4, -0.2) is 32.3 Å². The lowest BCUT2D eigenvalue weighted by Gasteiger charge is -2.12. The van der Waals surface area contributed by atoms with Crippen LogP contribution in [0.4, 0.5) is 0 Å². The summed E-state index contributed by atoms with van der Waals surface area (Å²) in [5.41, 5.74) is 2.41. The summed E-state index contributed by atoms with van der Waals surface area (Å²) >= 11 is 0. The summed E-state index contributed by atoms with van der Waals surface area (Å²) in [5.74, 6) is -1.90. The van der Waals surface area contributed by atoms with Crippen LogP contribution in [-0.2, 0) is 20.0 Å². The SMILES string of the molecule is CCCCCCNCc1cc2cc(-c3[nH]c(=O)c(C(=O)O)c(O)c3CC)ccc2n1C. The molecule has 166 valence electrons. The van der Waals surface area contributed by atoms with E-state index in [4.69, 9.17) is 0 Å². The smallest absolute Gasteiger partial charge is 0.345 e. The zero-order valence-corrected chi connectivity index (χ0v) is 18.4. The van der Waals surface area contributed by atoms with Gasteiger partial charge in [-0.25, -0.2) is 4.79 Å². The maximum absolute atomic E-state index is 12.3. The number of carboxylic acid groups (broad SMARTS) is 1. The van der Waals surface area contributed by atoms with Crippen molar-refractivity contribution >= 4 is 16.9 Å². The van der Waals surface area contributed by atoms with E-state index in [1.165, 1.54) is 25.7 Å². The third-order valence-electron chi connectivity index (χ3n) is 5.80. The summed E-state index contributed by atoms with van der Waals surface area (Å²) in [7, 11) is 2.03. The maximum Gasteiger partial charge on any atom is 0.345 e. The fourth-order valence-corrected chi connectivity index (χ4v) is 4.04. The van der Waals surface area contributed by atoms with Gasteiger partial charge < -0.3 is 25.1 Å². The highest BCUT2D eigenvalue weighted by Crippen LogP contribution is 2.32. The highest BCUT2D eigenvalue weighted by atomic mass is 16.4. The maximum atomic E-state index is 12.3. The summed E-state index contributed by atoms with van der Waals surface area (Å²) in [6, 6.07) is 7.95. The molecule has 7 heteroatoms. The first-order valence-corrected chi connectivity index (χ1v) is 10.9. The standard InChI is InChI=1S/C24H31N3O4/c1-4-6-7-8-11-25-14-17-13-16-12-15(9-10-19(16)27(17)3)21-18(5-2)22(28)20(24(30)31)23(29)26-21/h9-10,12-13,25H,4-8,11,14H2,1-3H3,(H,30,31)(H2,26,28,29). The summed E-state index contributed by atoms with van der Waals surface area (Å²) in [4.78, 5) is 26.3. The number of carbonyl (C=O) groups is 1. The molecule has 0 spiro atoms. The number of aromatic nitrogens is 2. The lowest BCUT2D eigenvalue weighted by atomic mass is 9.99. The number of aromatic amines is 1. The van der Waals surface area contributed by atoms with E-state index in [1.54, 1.807) is 0 Å². The van der Waals surface area contributed by atoms with Crippen LogP contribution in [0.2, 0.25) is 0 Å². The fraction of sp³-hybridized carbons (Fsp3) is 0.417. The number of rotatable bonds is 10. The lowest BCUT2D eigenvalue weighted by molar-refractivity contribution is 0.0691. The van der Waals surface area contributed by atoms with E-state index >= 15 is 0 Å². The molecule has 0 radical (unpaired) electrons. The van der Waals surface area contributed by atoms with Crippen LogP contribution in [0.15, 0.2) is 29.1 Å². The number of aromatic hydroxyl groups is 1. The first-order valence-electron chi connectivity index (χ1n) is 10.9. The van der Waals surface area contributed by atoms with Gasteiger partial charge in [0.25, 0.3) is 5.56 Å². The molecule has 0 saturated carbocycles. The molecule has 0 bridgehead atoms. The molecular weight excluding hydrogens is 394 g/mol. The lowest BCUT2D eigenvalue weighted by Crippen LogP contribution is -2.20. The number of benzene rings is 1. The Kier molecular flexibility index (Phi) is 7.17. The van der Waals surface area contributed by atoms with Gasteiger partial charge in [-0.15, -0.1) is 0 Å². The third-order valence-corrected chi connectivity index (χ3v) is 5.80. The van der Waals surface area contributed by atoms with E-state index in [0.717, 1.165) is 35.2 Å². The molecular formula is C24H31N3O4. The van der Waals surface area contributed by atoms with Crippen molar-refractivity contribution in [3.05, 3.63) is 51.4 Å². The van der Waals surface area contributed by atoms with Crippen molar-refractivity contribution in [2.24, 2.45) is 7.05 Å². The summed E-state index contributed by atoms with van der Waals surface area (Å²) in [5, 5.41) is 24.2. The van der Waals surface area contributed by atoms with Crippen LogP contribution in [0.25, 0.3) is 22.2 Å². The number of aryl methyl sites for hydroxylation is 1. The number of hydrogen-bond donors (Lipinski definition) is 4. The highest BCUT2D eigenvalue weighted by Gasteiger charge is 2.22.